The Morgan fingerprint density at radius 3 is 2.00 bits per heavy atom. The topological polar surface area (TPSA) is 52.6 Å². The smallest absolute Gasteiger partial charge is 0.342 e. The van der Waals surface area contributed by atoms with Crippen LogP contribution < -0.4 is 10.2 Å². The molecular weight excluding hydrogens is 304 g/mol. The van der Waals surface area contributed by atoms with E-state index in [2.05, 4.69) is 0 Å². The van der Waals surface area contributed by atoms with E-state index in [0.717, 1.165) is 16.2 Å². The molecule has 4 heteroatoms. The standard InChI is InChI=1S/C20H14O4/c1-23-19-16(20(22)24-2)14-10-6-4-8-12-11-7-3-5-9-13(11)18(21)17(19)15(12)14/h3-10H,1-2H3. The molecule has 0 aliphatic carbocycles. The normalized spacial score (nSPS) is 11.2. The van der Waals surface area contributed by atoms with Crippen molar-refractivity contribution >= 4 is 38.3 Å². The lowest BCUT2D eigenvalue weighted by atomic mass is 10.0. The summed E-state index contributed by atoms with van der Waals surface area (Å²) in [6.07, 6.45) is 0. The Balaban J connectivity index is 2.43. The van der Waals surface area contributed by atoms with E-state index in [1.165, 1.54) is 14.2 Å². The molecule has 0 saturated heterocycles. The van der Waals surface area contributed by atoms with E-state index < -0.39 is 5.97 Å². The summed E-state index contributed by atoms with van der Waals surface area (Å²) in [5.74, 6) is -0.234. The van der Waals surface area contributed by atoms with Gasteiger partial charge in [-0.3, -0.25) is 4.79 Å². The van der Waals surface area contributed by atoms with Crippen molar-refractivity contribution < 1.29 is 14.3 Å². The fourth-order valence-corrected chi connectivity index (χ4v) is 3.45. The van der Waals surface area contributed by atoms with Gasteiger partial charge in [-0.25, -0.2) is 4.79 Å². The maximum Gasteiger partial charge on any atom is 0.342 e. The zero-order valence-electron chi connectivity index (χ0n) is 13.3. The van der Waals surface area contributed by atoms with Gasteiger partial charge in [-0.05, 0) is 10.8 Å². The molecule has 0 atom stereocenters. The second kappa shape index (κ2) is 5.20. The number of hydrogen-bond acceptors (Lipinski definition) is 4. The predicted octanol–water partition coefficient (Wildman–Crippen LogP) is 3.74. The molecule has 4 aromatic rings. The van der Waals surface area contributed by atoms with Crippen molar-refractivity contribution in [1.82, 2.24) is 0 Å². The molecular formula is C20H14O4. The quantitative estimate of drug-likeness (QED) is 0.528. The first-order chi connectivity index (χ1) is 11.7. The van der Waals surface area contributed by atoms with Gasteiger partial charge in [-0.15, -0.1) is 0 Å². The third-order valence-electron chi connectivity index (χ3n) is 4.43. The second-order valence-electron chi connectivity index (χ2n) is 5.57. The van der Waals surface area contributed by atoms with E-state index in [1.807, 2.05) is 42.5 Å². The summed E-state index contributed by atoms with van der Waals surface area (Å²) >= 11 is 0. The number of ether oxygens (including phenoxy) is 2. The number of rotatable bonds is 2. The highest BCUT2D eigenvalue weighted by molar-refractivity contribution is 6.28. The molecule has 0 spiro atoms. The van der Waals surface area contributed by atoms with Gasteiger partial charge in [0.2, 0.25) is 0 Å². The van der Waals surface area contributed by atoms with Gasteiger partial charge in [0.25, 0.3) is 0 Å². The average Bonchev–Trinajstić information content (AvgIpc) is 2.79. The lowest BCUT2D eigenvalue weighted by Crippen LogP contribution is -2.05. The van der Waals surface area contributed by atoms with Gasteiger partial charge in [0.15, 0.2) is 5.43 Å². The summed E-state index contributed by atoms with van der Waals surface area (Å²) in [5.41, 5.74) is 0.157. The number of carbonyl (C=O) groups excluding carboxylic acids is 1. The molecule has 0 saturated carbocycles. The second-order valence-corrected chi connectivity index (χ2v) is 5.57. The Morgan fingerprint density at radius 2 is 1.38 bits per heavy atom. The number of esters is 1. The van der Waals surface area contributed by atoms with Crippen LogP contribution in [0.4, 0.5) is 0 Å². The highest BCUT2D eigenvalue weighted by atomic mass is 16.5. The Hall–Kier alpha value is -3.14. The summed E-state index contributed by atoms with van der Waals surface area (Å²) in [6.45, 7) is 0. The minimum absolute atomic E-state index is 0.138. The lowest BCUT2D eigenvalue weighted by molar-refractivity contribution is 0.0600. The van der Waals surface area contributed by atoms with Crippen molar-refractivity contribution in [3.8, 4) is 5.75 Å². The maximum atomic E-state index is 13.1. The van der Waals surface area contributed by atoms with Crippen LogP contribution in [0.25, 0.3) is 32.3 Å². The molecule has 0 heterocycles. The first kappa shape index (κ1) is 14.5. The molecule has 0 N–H and O–H groups in total. The van der Waals surface area contributed by atoms with Crippen LogP contribution in [0.3, 0.4) is 0 Å². The monoisotopic (exact) mass is 318 g/mol. The molecule has 118 valence electrons. The highest BCUT2D eigenvalue weighted by Crippen LogP contribution is 2.41. The third-order valence-corrected chi connectivity index (χ3v) is 4.43. The summed E-state index contributed by atoms with van der Waals surface area (Å²) in [4.78, 5) is 25.4. The highest BCUT2D eigenvalue weighted by Gasteiger charge is 2.26. The van der Waals surface area contributed by atoms with Crippen molar-refractivity contribution in [3.05, 3.63) is 64.3 Å². The fraction of sp³-hybridized carbons (Fsp3) is 0.100. The SMILES string of the molecule is COC(=O)c1c(OC)c2c(=O)c3ccccc3c3ccccc1c23. The molecule has 0 unspecified atom stereocenters. The maximum absolute atomic E-state index is 13.1. The molecule has 4 nitrogen and oxygen atoms in total. The summed E-state index contributed by atoms with van der Waals surface area (Å²) in [7, 11) is 2.78. The minimum Gasteiger partial charge on any atom is -0.495 e. The van der Waals surface area contributed by atoms with Crippen LogP contribution in [-0.4, -0.2) is 20.2 Å². The van der Waals surface area contributed by atoms with Crippen LogP contribution in [-0.2, 0) is 4.74 Å². The first-order valence-corrected chi connectivity index (χ1v) is 7.54. The first-order valence-electron chi connectivity index (χ1n) is 7.54. The van der Waals surface area contributed by atoms with E-state index in [-0.39, 0.29) is 11.2 Å². The molecule has 0 aliphatic heterocycles. The molecule has 0 radical (unpaired) electrons. The number of carbonyl (C=O) groups is 1. The number of benzene rings is 2. The molecule has 0 aromatic heterocycles. The Morgan fingerprint density at radius 1 is 0.792 bits per heavy atom. The van der Waals surface area contributed by atoms with Crippen LogP contribution >= 0.6 is 0 Å². The van der Waals surface area contributed by atoms with E-state index >= 15 is 0 Å². The van der Waals surface area contributed by atoms with Crippen LogP contribution in [0.15, 0.2) is 53.3 Å². The van der Waals surface area contributed by atoms with Crippen LogP contribution in [0.1, 0.15) is 10.4 Å². The summed E-state index contributed by atoms with van der Waals surface area (Å²) in [5, 5.41) is 4.21. The molecule has 4 aromatic carbocycles. The zero-order chi connectivity index (χ0) is 16.8. The van der Waals surface area contributed by atoms with Gasteiger partial charge >= 0.3 is 5.97 Å². The molecule has 0 fully saturated rings. The average molecular weight is 318 g/mol. The van der Waals surface area contributed by atoms with Crippen molar-refractivity contribution in [2.24, 2.45) is 0 Å². The predicted molar refractivity (Wildman–Crippen MR) is 94.3 cm³/mol. The number of methoxy groups -OCH3 is 2. The van der Waals surface area contributed by atoms with Crippen molar-refractivity contribution in [1.29, 1.82) is 0 Å². The Kier molecular flexibility index (Phi) is 3.13. The zero-order valence-corrected chi connectivity index (χ0v) is 13.3. The van der Waals surface area contributed by atoms with Crippen molar-refractivity contribution in [2.75, 3.05) is 14.2 Å². The molecule has 0 amide bonds. The molecule has 0 bridgehead atoms. The largest absolute Gasteiger partial charge is 0.495 e. The van der Waals surface area contributed by atoms with Crippen LogP contribution in [0.2, 0.25) is 0 Å². The van der Waals surface area contributed by atoms with Crippen molar-refractivity contribution in [3.63, 3.8) is 0 Å². The van der Waals surface area contributed by atoms with Crippen LogP contribution in [0, 0.1) is 0 Å². The van der Waals surface area contributed by atoms with Crippen molar-refractivity contribution in [2.45, 2.75) is 0 Å². The van der Waals surface area contributed by atoms with Gasteiger partial charge in [0.05, 0.1) is 19.6 Å². The van der Waals surface area contributed by atoms with Gasteiger partial charge < -0.3 is 9.47 Å². The summed E-state index contributed by atoms with van der Waals surface area (Å²) in [6, 6.07) is 15.0. The van der Waals surface area contributed by atoms with Crippen LogP contribution in [0.5, 0.6) is 5.75 Å². The Labute approximate surface area is 137 Å². The third kappa shape index (κ3) is 1.74. The van der Waals surface area contributed by atoms with Gasteiger partial charge in [-0.1, -0.05) is 48.5 Å². The molecule has 24 heavy (non-hydrogen) atoms. The molecule has 4 rings (SSSR count). The summed E-state index contributed by atoms with van der Waals surface area (Å²) < 4.78 is 10.4. The number of hydrogen-bond donors (Lipinski definition) is 0. The van der Waals surface area contributed by atoms with E-state index in [1.54, 1.807) is 6.07 Å². The van der Waals surface area contributed by atoms with Gasteiger partial charge in [0.1, 0.15) is 11.3 Å². The minimum atomic E-state index is -0.515. The van der Waals surface area contributed by atoms with Gasteiger partial charge in [-0.2, -0.15) is 0 Å². The Bertz CT molecular complexity index is 1160. The fourth-order valence-electron chi connectivity index (χ4n) is 3.45. The van der Waals surface area contributed by atoms with E-state index in [4.69, 9.17) is 9.47 Å². The molecule has 0 aliphatic rings. The lowest BCUT2D eigenvalue weighted by Gasteiger charge is -2.04. The van der Waals surface area contributed by atoms with Gasteiger partial charge in [0, 0.05) is 16.2 Å². The van der Waals surface area contributed by atoms with E-state index in [0.29, 0.717) is 21.7 Å². The van der Waals surface area contributed by atoms with E-state index in [9.17, 15) is 9.59 Å². The number of fused-ring (bicyclic) bond motifs is 2.